The number of aromatic nitrogens is 2. The molecule has 33 heavy (non-hydrogen) atoms. The Bertz CT molecular complexity index is 1060. The van der Waals surface area contributed by atoms with Crippen LogP contribution in [0.15, 0.2) is 47.5 Å². The van der Waals surface area contributed by atoms with Crippen LogP contribution in [0.5, 0.6) is 0 Å². The van der Waals surface area contributed by atoms with E-state index in [0.717, 1.165) is 62.4 Å². The number of hydrogen-bond donors (Lipinski definition) is 2. The van der Waals surface area contributed by atoms with Crippen LogP contribution in [0.3, 0.4) is 0 Å². The molecule has 2 aromatic rings. The summed E-state index contributed by atoms with van der Waals surface area (Å²) in [6.07, 6.45) is 6.27. The van der Waals surface area contributed by atoms with Gasteiger partial charge in [0.05, 0.1) is 23.0 Å². The molecule has 1 aromatic heterocycles. The molecule has 0 unspecified atom stereocenters. The molecule has 0 aliphatic carbocycles. The number of aliphatic imine (C=N–C) groups is 2. The molecule has 0 atom stereocenters. The molecule has 0 saturated carbocycles. The van der Waals surface area contributed by atoms with Crippen LogP contribution in [0.25, 0.3) is 5.70 Å². The molecule has 176 valence electrons. The van der Waals surface area contributed by atoms with Crippen LogP contribution in [0.1, 0.15) is 50.3 Å². The van der Waals surface area contributed by atoms with Crippen molar-refractivity contribution < 1.29 is 4.39 Å². The Balaban J connectivity index is 1.57. The highest BCUT2D eigenvalue weighted by atomic mass is 35.5. The maximum absolute atomic E-state index is 14.3. The fraction of sp³-hybridized carbons (Fsp3) is 0.375. The normalized spacial score (nSPS) is 13.0. The highest BCUT2D eigenvalue weighted by Crippen LogP contribution is 2.26. The zero-order chi connectivity index (χ0) is 23.8. The molecule has 0 fully saturated rings. The first-order valence-corrected chi connectivity index (χ1v) is 11.8. The molecule has 1 aromatic carbocycles. The number of anilines is 1. The minimum absolute atomic E-state index is 0.0982. The summed E-state index contributed by atoms with van der Waals surface area (Å²) in [5.74, 6) is 0.918. The van der Waals surface area contributed by atoms with Gasteiger partial charge in [-0.1, -0.05) is 50.2 Å². The number of hydrogen-bond acceptors (Lipinski definition) is 5. The zero-order valence-corrected chi connectivity index (χ0v) is 20.3. The highest BCUT2D eigenvalue weighted by molar-refractivity contribution is 6.31. The van der Waals surface area contributed by atoms with Crippen LogP contribution < -0.4 is 5.32 Å². The van der Waals surface area contributed by atoms with Crippen LogP contribution in [-0.2, 0) is 0 Å². The molecule has 2 N–H and O–H groups in total. The van der Waals surface area contributed by atoms with E-state index >= 15 is 0 Å². The zero-order valence-electron chi connectivity index (χ0n) is 18.8. The first kappa shape index (κ1) is 25.0. The molecule has 0 bridgehead atoms. The van der Waals surface area contributed by atoms with Crippen molar-refractivity contribution in [2.45, 2.75) is 39.0 Å². The lowest BCUT2D eigenvalue weighted by molar-refractivity contribution is 0.377. The molecule has 1 aliphatic heterocycles. The van der Waals surface area contributed by atoms with Crippen molar-refractivity contribution in [3.8, 4) is 0 Å². The van der Waals surface area contributed by atoms with E-state index in [1.807, 2.05) is 0 Å². The van der Waals surface area contributed by atoms with Crippen LogP contribution >= 0.6 is 23.2 Å². The fourth-order valence-electron chi connectivity index (χ4n) is 3.63. The molecule has 9 heteroatoms. The quantitative estimate of drug-likeness (QED) is 0.312. The lowest BCUT2D eigenvalue weighted by atomic mass is 10.1. The summed E-state index contributed by atoms with van der Waals surface area (Å²) in [4.78, 5) is 18.6. The van der Waals surface area contributed by atoms with Gasteiger partial charge in [-0.25, -0.2) is 9.38 Å². The number of nitrogens with zero attached hydrogens (tertiary/aromatic N) is 4. The van der Waals surface area contributed by atoms with Crippen LogP contribution in [0.2, 0.25) is 10.3 Å². The van der Waals surface area contributed by atoms with Gasteiger partial charge in [0.2, 0.25) is 5.28 Å². The summed E-state index contributed by atoms with van der Waals surface area (Å²) in [6.45, 7) is 12.2. The predicted octanol–water partition coefficient (Wildman–Crippen LogP) is 6.56. The summed E-state index contributed by atoms with van der Waals surface area (Å²) in [6, 6.07) is 4.94. The minimum Gasteiger partial charge on any atom is -0.370 e. The number of amidine groups is 1. The Kier molecular flexibility index (Phi) is 9.09. The van der Waals surface area contributed by atoms with Crippen LogP contribution in [0, 0.1) is 5.82 Å². The van der Waals surface area contributed by atoms with Gasteiger partial charge < -0.3 is 15.2 Å². The monoisotopic (exact) mass is 490 g/mol. The number of halogens is 3. The van der Waals surface area contributed by atoms with Gasteiger partial charge in [-0.05, 0) is 43.1 Å². The van der Waals surface area contributed by atoms with Gasteiger partial charge >= 0.3 is 0 Å². The van der Waals surface area contributed by atoms with E-state index < -0.39 is 5.82 Å². The third-order valence-corrected chi connectivity index (χ3v) is 5.85. The number of aromatic amines is 1. The Labute approximate surface area is 204 Å². The second-order valence-electron chi connectivity index (χ2n) is 7.74. The largest absolute Gasteiger partial charge is 0.370 e. The lowest BCUT2D eigenvalue weighted by Crippen LogP contribution is -2.25. The van der Waals surface area contributed by atoms with E-state index in [0.29, 0.717) is 28.9 Å². The van der Waals surface area contributed by atoms with Crippen molar-refractivity contribution in [1.82, 2.24) is 14.9 Å². The third-order valence-electron chi connectivity index (χ3n) is 5.38. The van der Waals surface area contributed by atoms with E-state index in [-0.39, 0.29) is 5.02 Å². The van der Waals surface area contributed by atoms with E-state index in [1.165, 1.54) is 6.07 Å². The van der Waals surface area contributed by atoms with Crippen LogP contribution in [-0.4, -0.2) is 46.0 Å². The summed E-state index contributed by atoms with van der Waals surface area (Å²) in [7, 11) is 0. The Morgan fingerprint density at radius 1 is 1.27 bits per heavy atom. The molecule has 0 amide bonds. The second kappa shape index (κ2) is 12.0. The molecule has 6 nitrogen and oxygen atoms in total. The number of imidazole rings is 1. The van der Waals surface area contributed by atoms with Gasteiger partial charge in [-0.15, -0.1) is 0 Å². The maximum atomic E-state index is 14.3. The fourth-order valence-corrected chi connectivity index (χ4v) is 3.98. The number of H-pyrrole nitrogens is 1. The van der Waals surface area contributed by atoms with Gasteiger partial charge in [0, 0.05) is 25.1 Å². The van der Waals surface area contributed by atoms with Crippen molar-refractivity contribution in [3.05, 3.63) is 64.9 Å². The summed E-state index contributed by atoms with van der Waals surface area (Å²) in [5, 5.41) is 3.40. The lowest BCUT2D eigenvalue weighted by Gasteiger charge is -2.26. The van der Waals surface area contributed by atoms with Crippen molar-refractivity contribution in [2.24, 2.45) is 9.98 Å². The van der Waals surface area contributed by atoms with Crippen LogP contribution in [0.4, 0.5) is 10.2 Å². The molecule has 3 rings (SSSR count). The van der Waals surface area contributed by atoms with Crippen molar-refractivity contribution >= 4 is 46.3 Å². The standard InChI is InChI=1S/C24H29Cl2FN6/c1-4-6-13-33(16(3)22-23(28-5-2)32-24(26)31-22)14-8-7-12-20-29-15-19(30-20)17-10-9-11-18(25)21(17)27/h5,9-11,28H,2-4,6-8,12-15H2,1H3,(H,31,32). The third kappa shape index (κ3) is 6.45. The van der Waals surface area contributed by atoms with Gasteiger partial charge in [0.1, 0.15) is 11.5 Å². The number of benzene rings is 1. The Hall–Kier alpha value is -2.64. The molecule has 0 radical (unpaired) electrons. The topological polar surface area (TPSA) is 68.7 Å². The average molecular weight is 491 g/mol. The second-order valence-corrected chi connectivity index (χ2v) is 8.50. The van der Waals surface area contributed by atoms with Gasteiger partial charge in [0.15, 0.2) is 11.6 Å². The predicted molar refractivity (Wildman–Crippen MR) is 137 cm³/mol. The first-order valence-electron chi connectivity index (χ1n) is 11.1. The van der Waals surface area contributed by atoms with Crippen molar-refractivity contribution in [3.63, 3.8) is 0 Å². The molecule has 2 heterocycles. The van der Waals surface area contributed by atoms with Crippen molar-refractivity contribution in [1.29, 1.82) is 0 Å². The molecule has 1 aliphatic rings. The molecule has 0 spiro atoms. The Morgan fingerprint density at radius 2 is 2.06 bits per heavy atom. The first-order chi connectivity index (χ1) is 15.9. The van der Waals surface area contributed by atoms with Crippen molar-refractivity contribution in [2.75, 3.05) is 25.0 Å². The molecule has 0 saturated heterocycles. The number of nitrogens with one attached hydrogen (secondary N) is 2. The number of rotatable bonds is 13. The Morgan fingerprint density at radius 3 is 2.82 bits per heavy atom. The molecular weight excluding hydrogens is 462 g/mol. The van der Waals surface area contributed by atoms with E-state index in [2.05, 4.69) is 50.3 Å². The van der Waals surface area contributed by atoms with Gasteiger partial charge in [-0.3, -0.25) is 4.99 Å². The van der Waals surface area contributed by atoms with E-state index in [1.54, 1.807) is 18.3 Å². The SMILES string of the molecule is C=CNc1nc(Cl)[nH]c1C(=C)N(CCCC)CCCCC1=NCC(c2cccc(Cl)c2F)=N1. The highest BCUT2D eigenvalue weighted by Gasteiger charge is 2.19. The maximum Gasteiger partial charge on any atom is 0.202 e. The molecular formula is C24H29Cl2FN6. The van der Waals surface area contributed by atoms with E-state index in [4.69, 9.17) is 23.2 Å². The average Bonchev–Trinajstić information content (AvgIpc) is 3.41. The van der Waals surface area contributed by atoms with Gasteiger partial charge in [-0.2, -0.15) is 4.98 Å². The number of unbranched alkanes of at least 4 members (excludes halogenated alkanes) is 2. The summed E-state index contributed by atoms with van der Waals surface area (Å²) < 4.78 is 14.3. The smallest absolute Gasteiger partial charge is 0.202 e. The van der Waals surface area contributed by atoms with Gasteiger partial charge in [0.25, 0.3) is 0 Å². The minimum atomic E-state index is -0.441. The summed E-state index contributed by atoms with van der Waals surface area (Å²) >= 11 is 12.0. The summed E-state index contributed by atoms with van der Waals surface area (Å²) in [5.41, 5.74) is 2.64. The van der Waals surface area contributed by atoms with E-state index in [9.17, 15) is 4.39 Å².